The fourth-order valence-corrected chi connectivity index (χ4v) is 1.58. The van der Waals surface area contributed by atoms with E-state index >= 15 is 0 Å². The van der Waals surface area contributed by atoms with Gasteiger partial charge in [0.05, 0.1) is 0 Å². The van der Waals surface area contributed by atoms with Gasteiger partial charge in [-0.2, -0.15) is 24.9 Å². The maximum Gasteiger partial charge on any atom is 0.422 e. The predicted octanol–water partition coefficient (Wildman–Crippen LogP) is 4.05. The molecule has 1 unspecified atom stereocenters. The first kappa shape index (κ1) is 13.2. The van der Waals surface area contributed by atoms with E-state index in [0.717, 1.165) is 5.56 Å². The zero-order valence-corrected chi connectivity index (χ0v) is 9.86. The van der Waals surface area contributed by atoms with E-state index in [9.17, 15) is 13.2 Å². The van der Waals surface area contributed by atoms with Crippen LogP contribution in [0.2, 0.25) is 0 Å². The normalized spacial score (nSPS) is 13.6. The number of ether oxygens (including phenoxy) is 1. The van der Waals surface area contributed by atoms with Crippen LogP contribution in [0.5, 0.6) is 5.75 Å². The number of hydrogen-bond donors (Lipinski definition) is 0. The second-order valence-electron chi connectivity index (χ2n) is 3.35. The van der Waals surface area contributed by atoms with E-state index in [2.05, 4.69) is 4.74 Å². The average molecular weight is 250 g/mol. The summed E-state index contributed by atoms with van der Waals surface area (Å²) >= 11 is 1.63. The molecule has 0 amide bonds. The third kappa shape index (κ3) is 4.35. The molecule has 0 saturated carbocycles. The zero-order chi connectivity index (χ0) is 12.2. The van der Waals surface area contributed by atoms with Crippen molar-refractivity contribution < 1.29 is 17.9 Å². The topological polar surface area (TPSA) is 9.23 Å². The molecule has 0 aromatic heterocycles. The lowest BCUT2D eigenvalue weighted by atomic mass is 10.1. The lowest BCUT2D eigenvalue weighted by Crippen LogP contribution is -2.19. The molecule has 0 aliphatic rings. The third-order valence-electron chi connectivity index (χ3n) is 2.08. The van der Waals surface area contributed by atoms with Crippen LogP contribution in [-0.4, -0.2) is 19.0 Å². The molecule has 0 aliphatic carbocycles. The summed E-state index contributed by atoms with van der Waals surface area (Å²) in [4.78, 5) is 0. The molecule has 0 N–H and O–H groups in total. The van der Waals surface area contributed by atoms with Crippen molar-refractivity contribution in [1.82, 2.24) is 0 Å². The summed E-state index contributed by atoms with van der Waals surface area (Å²) in [5, 5.41) is 0.245. The SMILES string of the molecule is CSC(C)c1cccc(OCC(F)(F)F)c1. The van der Waals surface area contributed by atoms with Crippen molar-refractivity contribution in [2.75, 3.05) is 12.9 Å². The maximum atomic E-state index is 11.9. The number of hydrogen-bond acceptors (Lipinski definition) is 2. The van der Waals surface area contributed by atoms with Gasteiger partial charge in [0, 0.05) is 5.25 Å². The van der Waals surface area contributed by atoms with Crippen LogP contribution in [0.1, 0.15) is 17.7 Å². The second-order valence-corrected chi connectivity index (χ2v) is 4.53. The first-order valence-electron chi connectivity index (χ1n) is 4.74. The molecular formula is C11H13F3OS. The lowest BCUT2D eigenvalue weighted by molar-refractivity contribution is -0.153. The van der Waals surface area contributed by atoms with Crippen LogP contribution in [-0.2, 0) is 0 Å². The molecule has 90 valence electrons. The monoisotopic (exact) mass is 250 g/mol. The van der Waals surface area contributed by atoms with Gasteiger partial charge in [0.25, 0.3) is 0 Å². The molecule has 0 fully saturated rings. The molecule has 1 rings (SSSR count). The molecule has 0 aliphatic heterocycles. The van der Waals surface area contributed by atoms with Gasteiger partial charge in [-0.05, 0) is 30.9 Å². The van der Waals surface area contributed by atoms with Gasteiger partial charge in [-0.15, -0.1) is 0 Å². The molecule has 1 aromatic rings. The Morgan fingerprint density at radius 2 is 2.06 bits per heavy atom. The number of halogens is 3. The first-order valence-corrected chi connectivity index (χ1v) is 6.03. The Kier molecular flexibility index (Phi) is 4.53. The van der Waals surface area contributed by atoms with Gasteiger partial charge in [-0.25, -0.2) is 0 Å². The zero-order valence-electron chi connectivity index (χ0n) is 9.04. The van der Waals surface area contributed by atoms with Crippen LogP contribution in [0.25, 0.3) is 0 Å². The van der Waals surface area contributed by atoms with Gasteiger partial charge < -0.3 is 4.74 Å². The molecule has 16 heavy (non-hydrogen) atoms. The Labute approximate surface area is 97.0 Å². The molecule has 0 saturated heterocycles. The standard InChI is InChI=1S/C11H13F3OS/c1-8(16-2)9-4-3-5-10(6-9)15-7-11(12,13)14/h3-6,8H,7H2,1-2H3. The van der Waals surface area contributed by atoms with Crippen molar-refractivity contribution in [3.63, 3.8) is 0 Å². The minimum absolute atomic E-state index is 0.245. The Bertz CT molecular complexity index is 338. The van der Waals surface area contributed by atoms with E-state index in [-0.39, 0.29) is 11.0 Å². The highest BCUT2D eigenvalue weighted by atomic mass is 32.2. The van der Waals surface area contributed by atoms with Crippen molar-refractivity contribution in [2.45, 2.75) is 18.3 Å². The average Bonchev–Trinajstić information content (AvgIpc) is 2.25. The summed E-state index contributed by atoms with van der Waals surface area (Å²) in [5.41, 5.74) is 0.965. The number of thioether (sulfide) groups is 1. The first-order chi connectivity index (χ1) is 7.42. The van der Waals surface area contributed by atoms with E-state index in [1.807, 2.05) is 19.2 Å². The maximum absolute atomic E-state index is 11.9. The predicted molar refractivity (Wildman–Crippen MR) is 59.9 cm³/mol. The summed E-state index contributed by atoms with van der Waals surface area (Å²) in [6, 6.07) is 6.75. The van der Waals surface area contributed by atoms with Gasteiger partial charge in [0.1, 0.15) is 5.75 Å². The van der Waals surface area contributed by atoms with Gasteiger partial charge in [-0.1, -0.05) is 12.1 Å². The highest BCUT2D eigenvalue weighted by Gasteiger charge is 2.28. The molecular weight excluding hydrogens is 237 g/mol. The highest BCUT2D eigenvalue weighted by molar-refractivity contribution is 7.98. The smallest absolute Gasteiger partial charge is 0.422 e. The molecule has 1 atom stereocenters. The van der Waals surface area contributed by atoms with E-state index in [4.69, 9.17) is 0 Å². The Balaban J connectivity index is 2.68. The minimum atomic E-state index is -4.29. The molecule has 0 radical (unpaired) electrons. The van der Waals surface area contributed by atoms with Crippen LogP contribution < -0.4 is 4.74 Å². The summed E-state index contributed by atoms with van der Waals surface area (Å²) in [6.07, 6.45) is -2.34. The van der Waals surface area contributed by atoms with Gasteiger partial charge >= 0.3 is 6.18 Å². The van der Waals surface area contributed by atoms with Crippen LogP contribution in [0.15, 0.2) is 24.3 Å². The third-order valence-corrected chi connectivity index (χ3v) is 3.06. The largest absolute Gasteiger partial charge is 0.484 e. The molecule has 5 heteroatoms. The van der Waals surface area contributed by atoms with E-state index in [1.165, 1.54) is 6.07 Å². The van der Waals surface area contributed by atoms with Crippen molar-refractivity contribution >= 4 is 11.8 Å². The van der Waals surface area contributed by atoms with Gasteiger partial charge in [0.15, 0.2) is 6.61 Å². The van der Waals surface area contributed by atoms with Crippen LogP contribution in [0.3, 0.4) is 0 Å². The van der Waals surface area contributed by atoms with Crippen LogP contribution in [0.4, 0.5) is 13.2 Å². The fraction of sp³-hybridized carbons (Fsp3) is 0.455. The fourth-order valence-electron chi connectivity index (χ4n) is 1.16. The van der Waals surface area contributed by atoms with E-state index in [1.54, 1.807) is 23.9 Å². The molecule has 0 bridgehead atoms. The highest BCUT2D eigenvalue weighted by Crippen LogP contribution is 2.28. The quantitative estimate of drug-likeness (QED) is 0.797. The second kappa shape index (κ2) is 5.48. The lowest BCUT2D eigenvalue weighted by Gasteiger charge is -2.12. The summed E-state index contributed by atoms with van der Waals surface area (Å²) in [7, 11) is 0. The van der Waals surface area contributed by atoms with Gasteiger partial charge in [0.2, 0.25) is 0 Å². The van der Waals surface area contributed by atoms with Crippen LogP contribution >= 0.6 is 11.8 Å². The van der Waals surface area contributed by atoms with E-state index in [0.29, 0.717) is 0 Å². The summed E-state index contributed by atoms with van der Waals surface area (Å²) < 4.78 is 40.5. The number of rotatable bonds is 4. The molecule has 1 nitrogen and oxygen atoms in total. The Hall–Kier alpha value is -0.840. The summed E-state index contributed by atoms with van der Waals surface area (Å²) in [6.45, 7) is 0.748. The molecule has 0 heterocycles. The number of alkyl halides is 3. The van der Waals surface area contributed by atoms with E-state index < -0.39 is 12.8 Å². The van der Waals surface area contributed by atoms with Crippen molar-refractivity contribution in [2.24, 2.45) is 0 Å². The van der Waals surface area contributed by atoms with Crippen molar-refractivity contribution in [3.8, 4) is 5.75 Å². The molecule has 0 spiro atoms. The molecule has 1 aromatic carbocycles. The van der Waals surface area contributed by atoms with Crippen LogP contribution in [0, 0.1) is 0 Å². The van der Waals surface area contributed by atoms with Gasteiger partial charge in [-0.3, -0.25) is 0 Å². The Morgan fingerprint density at radius 3 is 2.62 bits per heavy atom. The Morgan fingerprint density at radius 1 is 1.38 bits per heavy atom. The van der Waals surface area contributed by atoms with Crippen molar-refractivity contribution in [1.29, 1.82) is 0 Å². The summed E-state index contributed by atoms with van der Waals surface area (Å²) in [5.74, 6) is 0.260. The van der Waals surface area contributed by atoms with Crippen molar-refractivity contribution in [3.05, 3.63) is 29.8 Å². The number of benzene rings is 1. The minimum Gasteiger partial charge on any atom is -0.484 e.